The summed E-state index contributed by atoms with van der Waals surface area (Å²) < 4.78 is 20.3. The SMILES string of the molecule is Cc1cc(Nc2ncnc3ccc(I)cc23)ccc1OCc1cccc(F)c1.I[I-]I. The van der Waals surface area contributed by atoms with Gasteiger partial charge in [0, 0.05) is 14.6 Å². The summed E-state index contributed by atoms with van der Waals surface area (Å²) in [6.45, 7) is 2.30. The molecule has 4 aromatic rings. The minimum atomic E-state index is -0.260. The number of aromatic nitrogens is 2. The Bertz CT molecular complexity index is 1180. The summed E-state index contributed by atoms with van der Waals surface area (Å²) in [5, 5.41) is 4.33. The summed E-state index contributed by atoms with van der Waals surface area (Å²) in [6.07, 6.45) is 1.56. The van der Waals surface area contributed by atoms with E-state index >= 15 is 0 Å². The maximum atomic E-state index is 13.3. The van der Waals surface area contributed by atoms with Gasteiger partial charge in [-0.3, -0.25) is 0 Å². The van der Waals surface area contributed by atoms with Crippen LogP contribution in [0.3, 0.4) is 0 Å². The van der Waals surface area contributed by atoms with Gasteiger partial charge in [0.15, 0.2) is 0 Å². The third-order valence-corrected chi connectivity index (χ3v) is 4.99. The fraction of sp³-hybridized carbons (Fsp3) is 0.0909. The van der Waals surface area contributed by atoms with Crippen molar-refractivity contribution in [3.05, 3.63) is 87.5 Å². The number of benzene rings is 3. The Hall–Kier alpha value is -0.550. The molecular formula is C22H17FI4N3O-. The molecule has 4 nitrogen and oxygen atoms in total. The molecule has 0 amide bonds. The molecule has 0 fully saturated rings. The second-order valence-electron chi connectivity index (χ2n) is 6.46. The van der Waals surface area contributed by atoms with E-state index < -0.39 is 0 Å². The van der Waals surface area contributed by atoms with E-state index in [2.05, 4.69) is 81.2 Å². The number of rotatable bonds is 5. The van der Waals surface area contributed by atoms with E-state index in [0.29, 0.717) is 19.9 Å². The molecule has 0 aliphatic rings. The summed E-state index contributed by atoms with van der Waals surface area (Å²) in [6, 6.07) is 18.3. The average molecular weight is 866 g/mol. The quantitative estimate of drug-likeness (QED) is 0.294. The first-order valence-electron chi connectivity index (χ1n) is 9.02. The Kier molecular flexibility index (Phi) is 10.2. The van der Waals surface area contributed by atoms with Gasteiger partial charge in [-0.1, -0.05) is 12.1 Å². The van der Waals surface area contributed by atoms with Gasteiger partial charge in [0.2, 0.25) is 0 Å². The zero-order chi connectivity index (χ0) is 22.2. The van der Waals surface area contributed by atoms with Gasteiger partial charge in [-0.25, -0.2) is 14.4 Å². The van der Waals surface area contributed by atoms with E-state index in [1.54, 1.807) is 12.4 Å². The third-order valence-electron chi connectivity index (χ3n) is 4.32. The predicted molar refractivity (Wildman–Crippen MR) is 145 cm³/mol. The molecule has 4 rings (SSSR count). The van der Waals surface area contributed by atoms with Crippen molar-refractivity contribution in [2.45, 2.75) is 13.5 Å². The van der Waals surface area contributed by atoms with Gasteiger partial charge in [0.1, 0.15) is 30.3 Å². The van der Waals surface area contributed by atoms with Crippen LogP contribution in [-0.2, 0) is 6.61 Å². The number of hydrogen-bond donors (Lipinski definition) is 1. The molecule has 3 aromatic carbocycles. The molecule has 1 N–H and O–H groups in total. The summed E-state index contributed by atoms with van der Waals surface area (Å²) in [5.41, 5.74) is 3.58. The first-order chi connectivity index (χ1) is 15.0. The van der Waals surface area contributed by atoms with Gasteiger partial charge in [0.05, 0.1) is 5.52 Å². The van der Waals surface area contributed by atoms with Crippen molar-refractivity contribution in [3.8, 4) is 5.75 Å². The van der Waals surface area contributed by atoms with E-state index in [0.717, 1.165) is 42.9 Å². The Morgan fingerprint density at radius 3 is 2.58 bits per heavy atom. The van der Waals surface area contributed by atoms with Crippen LogP contribution in [0, 0.1) is 16.3 Å². The first-order valence-corrected chi connectivity index (χ1v) is 22.7. The molecule has 0 aliphatic heterocycles. The summed E-state index contributed by atoms with van der Waals surface area (Å²) >= 11 is 7.58. The van der Waals surface area contributed by atoms with Gasteiger partial charge in [-0.2, -0.15) is 0 Å². The van der Waals surface area contributed by atoms with Crippen molar-refractivity contribution in [3.63, 3.8) is 0 Å². The Balaban J connectivity index is 0.000000858. The van der Waals surface area contributed by atoms with Gasteiger partial charge >= 0.3 is 50.5 Å². The molecule has 9 heteroatoms. The average Bonchev–Trinajstić information content (AvgIpc) is 2.74. The fourth-order valence-corrected chi connectivity index (χ4v) is 3.43. The number of fused-ring (bicyclic) bond motifs is 1. The van der Waals surface area contributed by atoms with Crippen molar-refractivity contribution in [2.24, 2.45) is 0 Å². The number of nitrogens with one attached hydrogen (secondary N) is 1. The zero-order valence-corrected chi connectivity index (χ0v) is 24.9. The summed E-state index contributed by atoms with van der Waals surface area (Å²) in [5.74, 6) is 1.26. The predicted octanol–water partition coefficient (Wildman–Crippen LogP) is 4.78. The second kappa shape index (κ2) is 12.6. The normalized spacial score (nSPS) is 10.5. The van der Waals surface area contributed by atoms with Gasteiger partial charge in [0.25, 0.3) is 0 Å². The van der Waals surface area contributed by atoms with Crippen LogP contribution in [-0.4, -0.2) is 9.97 Å². The van der Waals surface area contributed by atoms with Crippen LogP contribution in [0.2, 0.25) is 0 Å². The van der Waals surface area contributed by atoms with E-state index in [1.165, 1.54) is 12.1 Å². The third kappa shape index (κ3) is 7.48. The van der Waals surface area contributed by atoms with Gasteiger partial charge in [-0.05, 0) is 89.2 Å². The van der Waals surface area contributed by atoms with Crippen molar-refractivity contribution in [1.29, 1.82) is 0 Å². The standard InChI is InChI=1S/C22H17FIN3O.I3/c1-14-9-18(6-8-21(14)28-12-15-3-2-4-16(23)10-15)27-22-19-11-17(24)5-7-20(19)25-13-26-22;1-3-2/h2-11,13H,12H2,1H3,(H,25,26,27);/q;-1. The van der Waals surface area contributed by atoms with Crippen molar-refractivity contribution >= 4 is 82.2 Å². The Morgan fingerprint density at radius 2 is 1.84 bits per heavy atom. The molecule has 0 radical (unpaired) electrons. The van der Waals surface area contributed by atoms with E-state index in [-0.39, 0.29) is 5.82 Å². The van der Waals surface area contributed by atoms with E-state index in [9.17, 15) is 4.39 Å². The van der Waals surface area contributed by atoms with Crippen molar-refractivity contribution in [1.82, 2.24) is 9.97 Å². The van der Waals surface area contributed by atoms with Crippen LogP contribution in [0.25, 0.3) is 10.9 Å². The summed E-state index contributed by atoms with van der Waals surface area (Å²) in [4.78, 5) is 8.70. The van der Waals surface area contributed by atoms with E-state index in [1.807, 2.05) is 43.3 Å². The summed E-state index contributed by atoms with van der Waals surface area (Å²) in [7, 11) is 0. The Morgan fingerprint density at radius 1 is 1.03 bits per heavy atom. The van der Waals surface area contributed by atoms with Gasteiger partial charge < -0.3 is 10.1 Å². The molecule has 1 heterocycles. The van der Waals surface area contributed by atoms with E-state index in [4.69, 9.17) is 4.74 Å². The molecule has 31 heavy (non-hydrogen) atoms. The minimum absolute atomic E-state index is 0.260. The maximum absolute atomic E-state index is 13.3. The molecule has 0 spiro atoms. The monoisotopic (exact) mass is 866 g/mol. The van der Waals surface area contributed by atoms with Crippen LogP contribution in [0.1, 0.15) is 11.1 Å². The van der Waals surface area contributed by atoms with Crippen LogP contribution in [0.15, 0.2) is 67.0 Å². The molecule has 0 aliphatic carbocycles. The number of aryl methyl sites for hydroxylation is 1. The molecule has 0 saturated carbocycles. The molecule has 162 valence electrons. The number of halogens is 5. The first kappa shape index (κ1) is 25.1. The van der Waals surface area contributed by atoms with Crippen molar-refractivity contribution in [2.75, 3.05) is 5.32 Å². The zero-order valence-electron chi connectivity index (χ0n) is 16.3. The van der Waals surface area contributed by atoms with Crippen LogP contribution >= 0.6 is 59.8 Å². The topological polar surface area (TPSA) is 47.0 Å². The molecule has 0 unspecified atom stereocenters. The number of anilines is 2. The van der Waals surface area contributed by atoms with Crippen molar-refractivity contribution < 1.29 is 22.4 Å². The van der Waals surface area contributed by atoms with Crippen LogP contribution in [0.4, 0.5) is 15.9 Å². The molecule has 1 aromatic heterocycles. The number of nitrogens with zero attached hydrogens (tertiary/aromatic N) is 2. The van der Waals surface area contributed by atoms with Crippen LogP contribution in [0.5, 0.6) is 5.75 Å². The number of hydrogen-bond acceptors (Lipinski definition) is 4. The second-order valence-corrected chi connectivity index (χ2v) is 24.0. The molecule has 0 saturated heterocycles. The van der Waals surface area contributed by atoms with Gasteiger partial charge in [-0.15, -0.1) is 0 Å². The number of ether oxygens (including phenoxy) is 1. The van der Waals surface area contributed by atoms with Crippen LogP contribution < -0.4 is 23.3 Å². The Labute approximate surface area is 223 Å². The fourth-order valence-electron chi connectivity index (χ4n) is 2.94. The molecular weight excluding hydrogens is 849 g/mol. The molecule has 0 atom stereocenters. The molecule has 0 bridgehead atoms.